The number of hydrogen-bond acceptors (Lipinski definition) is 8. The first-order valence-corrected chi connectivity index (χ1v) is 19.9. The number of fused-ring (bicyclic) bond motifs is 1. The summed E-state index contributed by atoms with van der Waals surface area (Å²) in [7, 11) is 2.57. The summed E-state index contributed by atoms with van der Waals surface area (Å²) in [5, 5.41) is 7.56. The Morgan fingerprint density at radius 3 is 1.98 bits per heavy atom. The minimum Gasteiger partial charge on any atom is -0.453 e. The van der Waals surface area contributed by atoms with Crippen molar-refractivity contribution in [1.29, 1.82) is 0 Å². The third-order valence-corrected chi connectivity index (χ3v) is 10.7. The van der Waals surface area contributed by atoms with Gasteiger partial charge in [0.05, 0.1) is 50.6 Å². The molecule has 5 aromatic rings. The normalized spacial score (nSPS) is 15.1. The van der Waals surface area contributed by atoms with Crippen LogP contribution in [0.1, 0.15) is 71.6 Å². The van der Waals surface area contributed by atoms with E-state index in [1.54, 1.807) is 11.1 Å². The number of aromatic nitrogens is 4. The van der Waals surface area contributed by atoms with Crippen molar-refractivity contribution < 1.29 is 28.7 Å². The predicted molar refractivity (Wildman–Crippen MR) is 222 cm³/mol. The number of carbonyl (C=O) groups is 4. The van der Waals surface area contributed by atoms with Crippen LogP contribution in [0.15, 0.2) is 73.1 Å². The maximum Gasteiger partial charge on any atom is 0.407 e. The highest BCUT2D eigenvalue weighted by Gasteiger charge is 2.37. The average Bonchev–Trinajstić information content (AvgIpc) is 4.02. The molecule has 4 amide bonds. The summed E-state index contributed by atoms with van der Waals surface area (Å²) < 4.78 is 9.51. The molecule has 4 N–H and O–H groups in total. The van der Waals surface area contributed by atoms with Crippen molar-refractivity contribution in [3.63, 3.8) is 0 Å². The third-order valence-electron chi connectivity index (χ3n) is 10.7. The fourth-order valence-electron chi connectivity index (χ4n) is 7.48. The molecule has 3 atom stereocenters. The summed E-state index contributed by atoms with van der Waals surface area (Å²) >= 11 is 0. The van der Waals surface area contributed by atoms with E-state index in [1.165, 1.54) is 14.2 Å². The molecule has 3 heterocycles. The molecular formula is C44H54N8O6. The Hall–Kier alpha value is -6.18. The number of hydrogen-bond donors (Lipinski definition) is 4. The number of imidazole rings is 2. The zero-order valence-electron chi connectivity index (χ0n) is 34.3. The van der Waals surface area contributed by atoms with Crippen LogP contribution in [0, 0.1) is 11.8 Å². The van der Waals surface area contributed by atoms with Gasteiger partial charge in [-0.15, -0.1) is 0 Å². The fourth-order valence-corrected chi connectivity index (χ4v) is 7.48. The Labute approximate surface area is 339 Å². The molecule has 3 aromatic carbocycles. The Morgan fingerprint density at radius 1 is 0.776 bits per heavy atom. The lowest BCUT2D eigenvalue weighted by molar-refractivity contribution is -0.136. The largest absolute Gasteiger partial charge is 0.453 e. The molecule has 6 rings (SSSR count). The molecular weight excluding hydrogens is 737 g/mol. The molecule has 2 aromatic heterocycles. The van der Waals surface area contributed by atoms with E-state index >= 15 is 0 Å². The van der Waals surface area contributed by atoms with Crippen molar-refractivity contribution in [3.8, 4) is 33.6 Å². The molecule has 14 heteroatoms. The Balaban J connectivity index is 1.12. The second-order valence-corrected chi connectivity index (χ2v) is 15.4. The van der Waals surface area contributed by atoms with Crippen LogP contribution >= 0.6 is 0 Å². The number of likely N-dealkylation sites (tertiary alicyclic amines) is 1. The van der Waals surface area contributed by atoms with Gasteiger partial charge in [0.15, 0.2) is 0 Å². The first-order chi connectivity index (χ1) is 27.9. The maximum atomic E-state index is 13.6. The number of methoxy groups -OCH3 is 2. The molecule has 1 saturated heterocycles. The van der Waals surface area contributed by atoms with Crippen molar-refractivity contribution in [3.05, 3.63) is 84.7 Å². The second-order valence-electron chi connectivity index (χ2n) is 15.4. The number of H-pyrrole nitrogens is 2. The second kappa shape index (κ2) is 18.4. The van der Waals surface area contributed by atoms with Crippen molar-refractivity contribution in [2.24, 2.45) is 11.8 Å². The number of ether oxygens (including phenoxy) is 2. The molecule has 14 nitrogen and oxygen atoms in total. The van der Waals surface area contributed by atoms with Crippen molar-refractivity contribution in [2.75, 3.05) is 27.3 Å². The monoisotopic (exact) mass is 790 g/mol. The van der Waals surface area contributed by atoms with E-state index < -0.39 is 24.3 Å². The zero-order chi connectivity index (χ0) is 41.5. The third kappa shape index (κ3) is 9.33. The number of nitrogens with zero attached hydrogens (tertiary/aromatic N) is 4. The van der Waals surface area contributed by atoms with Gasteiger partial charge in [0.25, 0.3) is 0 Å². The van der Waals surface area contributed by atoms with Crippen LogP contribution in [-0.2, 0) is 25.6 Å². The predicted octanol–water partition coefficient (Wildman–Crippen LogP) is 7.45. The van der Waals surface area contributed by atoms with E-state index in [4.69, 9.17) is 14.5 Å². The molecule has 1 aliphatic rings. The first-order valence-electron chi connectivity index (χ1n) is 19.9. The van der Waals surface area contributed by atoms with E-state index in [0.29, 0.717) is 18.9 Å². The van der Waals surface area contributed by atoms with Crippen molar-refractivity contribution in [1.82, 2.24) is 40.4 Å². The van der Waals surface area contributed by atoms with E-state index in [1.807, 2.05) is 45.7 Å². The van der Waals surface area contributed by atoms with Crippen LogP contribution in [0.2, 0.25) is 0 Å². The highest BCUT2D eigenvalue weighted by atomic mass is 16.5. The average molecular weight is 791 g/mol. The SMILES string of the molecule is CCCN(Cc1ncc(-c2ccc(-c3ccc4cc(-c5cnc([C@@H]6CCCN6C(=O)[C@@H](NC(=O)OC)C(C)C)[nH]5)ccc4c3)cc2)[nH]1)C(=O)[C@@H](NC(=O)OC)C(C)C. The molecule has 0 unspecified atom stereocenters. The van der Waals surface area contributed by atoms with Crippen LogP contribution in [-0.4, -0.2) is 93.1 Å². The molecule has 0 spiro atoms. The summed E-state index contributed by atoms with van der Waals surface area (Å²) in [6, 6.07) is 19.4. The molecule has 1 aliphatic heterocycles. The highest BCUT2D eigenvalue weighted by molar-refractivity contribution is 5.91. The molecule has 1 fully saturated rings. The Morgan fingerprint density at radius 2 is 1.34 bits per heavy atom. The topological polar surface area (TPSA) is 175 Å². The number of nitrogens with one attached hydrogen (secondary N) is 4. The minimum atomic E-state index is -0.709. The molecule has 306 valence electrons. The summed E-state index contributed by atoms with van der Waals surface area (Å²) in [5.74, 6) is 0.837. The smallest absolute Gasteiger partial charge is 0.407 e. The van der Waals surface area contributed by atoms with E-state index in [-0.39, 0.29) is 36.2 Å². The lowest BCUT2D eigenvalue weighted by atomic mass is 9.98. The van der Waals surface area contributed by atoms with E-state index in [2.05, 4.69) is 86.2 Å². The number of aromatic amines is 2. The lowest BCUT2D eigenvalue weighted by Crippen LogP contribution is -2.51. The Bertz CT molecular complexity index is 2230. The van der Waals surface area contributed by atoms with Gasteiger partial charge in [-0.3, -0.25) is 9.59 Å². The van der Waals surface area contributed by atoms with Gasteiger partial charge >= 0.3 is 12.2 Å². The summed E-state index contributed by atoms with van der Waals surface area (Å²) in [6.45, 7) is 11.0. The summed E-state index contributed by atoms with van der Waals surface area (Å²) in [4.78, 5) is 70.6. The lowest BCUT2D eigenvalue weighted by Gasteiger charge is -2.30. The first kappa shape index (κ1) is 41.5. The van der Waals surface area contributed by atoms with Gasteiger partial charge in [-0.05, 0) is 70.7 Å². The number of benzene rings is 3. The van der Waals surface area contributed by atoms with Crippen LogP contribution in [0.3, 0.4) is 0 Å². The van der Waals surface area contributed by atoms with E-state index in [9.17, 15) is 19.2 Å². The van der Waals surface area contributed by atoms with Crippen LogP contribution in [0.25, 0.3) is 44.4 Å². The Kier molecular flexibility index (Phi) is 13.1. The van der Waals surface area contributed by atoms with Gasteiger partial charge in [0.1, 0.15) is 23.7 Å². The van der Waals surface area contributed by atoms with Crippen LogP contribution < -0.4 is 10.6 Å². The number of rotatable bonds is 14. The number of alkyl carbamates (subject to hydrolysis) is 2. The molecule has 0 radical (unpaired) electrons. The van der Waals surface area contributed by atoms with Gasteiger partial charge in [-0.2, -0.15) is 0 Å². The highest BCUT2D eigenvalue weighted by Crippen LogP contribution is 2.34. The zero-order valence-corrected chi connectivity index (χ0v) is 34.3. The summed E-state index contributed by atoms with van der Waals surface area (Å²) in [5.41, 5.74) is 5.82. The molecule has 0 saturated carbocycles. The molecule has 0 aliphatic carbocycles. The van der Waals surface area contributed by atoms with Crippen molar-refractivity contribution >= 4 is 34.8 Å². The van der Waals surface area contributed by atoms with Gasteiger partial charge in [0.2, 0.25) is 11.8 Å². The summed E-state index contributed by atoms with van der Waals surface area (Å²) in [6.07, 6.45) is 4.72. The molecule has 0 bridgehead atoms. The van der Waals surface area contributed by atoms with Gasteiger partial charge in [-0.1, -0.05) is 83.1 Å². The number of amides is 4. The van der Waals surface area contributed by atoms with Crippen LogP contribution in [0.5, 0.6) is 0 Å². The van der Waals surface area contributed by atoms with Crippen LogP contribution in [0.4, 0.5) is 9.59 Å². The molecule has 58 heavy (non-hydrogen) atoms. The minimum absolute atomic E-state index is 0.106. The van der Waals surface area contributed by atoms with Gasteiger partial charge in [0, 0.05) is 18.7 Å². The van der Waals surface area contributed by atoms with Gasteiger partial charge in [-0.25, -0.2) is 19.6 Å². The van der Waals surface area contributed by atoms with Gasteiger partial charge < -0.3 is 39.9 Å². The fraction of sp³-hybridized carbons (Fsp3) is 0.409. The van der Waals surface area contributed by atoms with Crippen molar-refractivity contribution in [2.45, 2.75) is 78.6 Å². The number of carbonyl (C=O) groups excluding carboxylic acids is 4. The van der Waals surface area contributed by atoms with E-state index in [0.717, 1.165) is 69.5 Å². The standard InChI is InChI=1S/C44H54N8O6/c1-8-19-51(41(53)38(26(2)3)49-43(55)57-6)25-37-45-23-34(47-37)29-13-11-28(12-14-29)30-15-16-32-22-33(18-17-31(32)21-30)35-24-46-40(48-35)36-10-9-20-52(36)42(54)39(27(4)5)50-44(56)58-7/h11-18,21-24,26-27,36,38-39H,8-10,19-20,25H2,1-7H3,(H,45,47)(H,46,48)(H,49,55)(H,50,56)/t36-,38-,39-/m0/s1. The maximum absolute atomic E-state index is 13.6. The quantitative estimate of drug-likeness (QED) is 0.0898.